The standard InChI is InChI=1S/C8H17NO7S2.Na/c1-17(13,14)3-2-4-18(15,16)9-6-7(10)5-8(11)12;/h7,9-10H,2-6H2,1H3,(H,11,12);/q;+1/p-1. The van der Waals surface area contributed by atoms with Gasteiger partial charge in [-0.2, -0.15) is 0 Å². The predicted molar refractivity (Wildman–Crippen MR) is 61.7 cm³/mol. The molecule has 0 aromatic heterocycles. The van der Waals surface area contributed by atoms with Crippen LogP contribution in [0.2, 0.25) is 0 Å². The van der Waals surface area contributed by atoms with E-state index in [2.05, 4.69) is 0 Å². The van der Waals surface area contributed by atoms with E-state index in [0.717, 1.165) is 6.26 Å². The summed E-state index contributed by atoms with van der Waals surface area (Å²) >= 11 is 0. The number of aliphatic hydroxyl groups excluding tert-OH is 1. The van der Waals surface area contributed by atoms with Gasteiger partial charge in [-0.25, -0.2) is 21.6 Å². The van der Waals surface area contributed by atoms with Crippen LogP contribution in [-0.4, -0.2) is 58.3 Å². The third-order valence-corrected chi connectivity index (χ3v) is 4.33. The van der Waals surface area contributed by atoms with Crippen molar-refractivity contribution in [3.05, 3.63) is 0 Å². The minimum absolute atomic E-state index is 0. The molecular weight excluding hydrogens is 309 g/mol. The molecule has 0 saturated carbocycles. The number of carboxylic acid groups (broad SMARTS) is 1. The molecule has 2 N–H and O–H groups in total. The van der Waals surface area contributed by atoms with Crippen molar-refractivity contribution in [2.75, 3.05) is 24.3 Å². The summed E-state index contributed by atoms with van der Waals surface area (Å²) in [5.41, 5.74) is 0. The molecule has 0 heterocycles. The molecular formula is C8H16NNaO7S2. The van der Waals surface area contributed by atoms with E-state index in [0.29, 0.717) is 0 Å². The second-order valence-electron chi connectivity index (χ2n) is 3.88. The Kier molecular flexibility index (Phi) is 10.5. The Hall–Kier alpha value is 0.290. The molecule has 0 aliphatic rings. The summed E-state index contributed by atoms with van der Waals surface area (Å²) in [7, 11) is -6.94. The van der Waals surface area contributed by atoms with Gasteiger partial charge in [0.25, 0.3) is 0 Å². The molecule has 0 fully saturated rings. The Bertz CT molecular complexity index is 473. The SMILES string of the molecule is CS(=O)(=O)CCCS(=O)(=O)NCC(O)CC(=O)[O-].[Na+]. The first-order chi connectivity index (χ1) is 8.02. The molecule has 1 atom stereocenters. The zero-order valence-electron chi connectivity index (χ0n) is 10.8. The number of aliphatic hydroxyl groups is 1. The summed E-state index contributed by atoms with van der Waals surface area (Å²) in [5.74, 6) is -2.15. The van der Waals surface area contributed by atoms with Crippen LogP contribution in [0.15, 0.2) is 0 Å². The van der Waals surface area contributed by atoms with Crippen LogP contribution in [0.4, 0.5) is 0 Å². The monoisotopic (exact) mass is 325 g/mol. The van der Waals surface area contributed by atoms with Crippen LogP contribution in [0.1, 0.15) is 12.8 Å². The van der Waals surface area contributed by atoms with Gasteiger partial charge in [-0.1, -0.05) is 0 Å². The summed E-state index contributed by atoms with van der Waals surface area (Å²) in [6.45, 7) is -0.449. The molecule has 0 bridgehead atoms. The Morgan fingerprint density at radius 3 is 2.21 bits per heavy atom. The largest absolute Gasteiger partial charge is 1.00 e. The minimum atomic E-state index is -3.72. The fraction of sp³-hybridized carbons (Fsp3) is 0.875. The quantitative estimate of drug-likeness (QED) is 0.402. The van der Waals surface area contributed by atoms with Gasteiger partial charge in [-0.05, 0) is 6.42 Å². The summed E-state index contributed by atoms with van der Waals surface area (Å²) in [6, 6.07) is 0. The molecule has 0 aliphatic carbocycles. The van der Waals surface area contributed by atoms with Crippen LogP contribution >= 0.6 is 0 Å². The van der Waals surface area contributed by atoms with E-state index in [9.17, 15) is 26.7 Å². The van der Waals surface area contributed by atoms with Crippen molar-refractivity contribution in [3.63, 3.8) is 0 Å². The summed E-state index contributed by atoms with van der Waals surface area (Å²) in [6.07, 6.45) is -1.12. The maximum Gasteiger partial charge on any atom is 1.00 e. The van der Waals surface area contributed by atoms with E-state index in [1.807, 2.05) is 4.72 Å². The van der Waals surface area contributed by atoms with Gasteiger partial charge >= 0.3 is 29.6 Å². The number of rotatable bonds is 9. The predicted octanol–water partition coefficient (Wildman–Crippen LogP) is -6.15. The summed E-state index contributed by atoms with van der Waals surface area (Å²) in [5, 5.41) is 19.2. The maximum absolute atomic E-state index is 11.3. The second kappa shape index (κ2) is 9.27. The van der Waals surface area contributed by atoms with Gasteiger partial charge in [-0.3, -0.25) is 0 Å². The molecule has 0 rings (SSSR count). The van der Waals surface area contributed by atoms with Crippen molar-refractivity contribution < 1.29 is 61.4 Å². The van der Waals surface area contributed by atoms with Crippen molar-refractivity contribution >= 4 is 25.8 Å². The number of carbonyl (C=O) groups is 1. The molecule has 0 saturated heterocycles. The van der Waals surface area contributed by atoms with Gasteiger partial charge in [-0.15, -0.1) is 0 Å². The molecule has 8 nitrogen and oxygen atoms in total. The van der Waals surface area contributed by atoms with Crippen molar-refractivity contribution in [3.8, 4) is 0 Å². The number of aliphatic carboxylic acids is 1. The van der Waals surface area contributed by atoms with E-state index < -0.39 is 50.7 Å². The minimum Gasteiger partial charge on any atom is -0.550 e. The molecule has 108 valence electrons. The smallest absolute Gasteiger partial charge is 0.550 e. The van der Waals surface area contributed by atoms with Crippen molar-refractivity contribution in [2.45, 2.75) is 18.9 Å². The second-order valence-corrected chi connectivity index (χ2v) is 8.07. The third-order valence-electron chi connectivity index (χ3n) is 1.87. The first kappa shape index (κ1) is 21.6. The van der Waals surface area contributed by atoms with Gasteiger partial charge in [0.15, 0.2) is 0 Å². The fourth-order valence-corrected chi connectivity index (χ4v) is 3.04. The number of nitrogens with one attached hydrogen (secondary N) is 1. The van der Waals surface area contributed by atoms with Gasteiger partial charge in [0, 0.05) is 25.2 Å². The molecule has 0 aromatic rings. The van der Waals surface area contributed by atoms with Gasteiger partial charge < -0.3 is 15.0 Å². The average molecular weight is 325 g/mol. The number of hydrogen-bond donors (Lipinski definition) is 2. The zero-order valence-corrected chi connectivity index (χ0v) is 14.5. The topological polar surface area (TPSA) is 141 Å². The maximum atomic E-state index is 11.3. The van der Waals surface area contributed by atoms with Crippen molar-refractivity contribution in [2.24, 2.45) is 0 Å². The molecule has 0 aromatic carbocycles. The van der Waals surface area contributed by atoms with E-state index in [1.54, 1.807) is 0 Å². The molecule has 0 amide bonds. The first-order valence-electron chi connectivity index (χ1n) is 5.05. The number of sulfone groups is 1. The van der Waals surface area contributed by atoms with Gasteiger partial charge in [0.1, 0.15) is 9.84 Å². The van der Waals surface area contributed by atoms with Gasteiger partial charge in [0.05, 0.1) is 17.6 Å². The van der Waals surface area contributed by atoms with Crippen LogP contribution < -0.4 is 39.4 Å². The summed E-state index contributed by atoms with van der Waals surface area (Å²) < 4.78 is 46.2. The number of hydrogen-bond acceptors (Lipinski definition) is 7. The van der Waals surface area contributed by atoms with Crippen LogP contribution in [0.3, 0.4) is 0 Å². The first-order valence-corrected chi connectivity index (χ1v) is 8.76. The van der Waals surface area contributed by atoms with E-state index in [-0.39, 0.29) is 41.7 Å². The average Bonchev–Trinajstić information content (AvgIpc) is 2.11. The Balaban J connectivity index is 0. The van der Waals surface area contributed by atoms with Crippen LogP contribution in [0.25, 0.3) is 0 Å². The Morgan fingerprint density at radius 1 is 1.26 bits per heavy atom. The van der Waals surface area contributed by atoms with Crippen LogP contribution in [0.5, 0.6) is 0 Å². The van der Waals surface area contributed by atoms with E-state index in [1.165, 1.54) is 0 Å². The fourth-order valence-electron chi connectivity index (χ4n) is 1.07. The van der Waals surface area contributed by atoms with Gasteiger partial charge in [0.2, 0.25) is 10.0 Å². The molecule has 1 unspecified atom stereocenters. The van der Waals surface area contributed by atoms with Crippen molar-refractivity contribution in [1.82, 2.24) is 4.72 Å². The molecule has 19 heavy (non-hydrogen) atoms. The number of carboxylic acids is 1. The zero-order chi connectivity index (χ0) is 14.4. The van der Waals surface area contributed by atoms with Crippen LogP contribution in [0, 0.1) is 0 Å². The molecule has 11 heteroatoms. The Labute approximate surface area is 134 Å². The van der Waals surface area contributed by atoms with E-state index >= 15 is 0 Å². The number of carbonyl (C=O) groups excluding carboxylic acids is 1. The van der Waals surface area contributed by atoms with Crippen LogP contribution in [-0.2, 0) is 24.7 Å². The molecule has 0 aliphatic heterocycles. The summed E-state index contributed by atoms with van der Waals surface area (Å²) in [4.78, 5) is 10.1. The molecule has 0 spiro atoms. The Morgan fingerprint density at radius 2 is 1.79 bits per heavy atom. The third kappa shape index (κ3) is 14.5. The van der Waals surface area contributed by atoms with Crippen molar-refractivity contribution in [1.29, 1.82) is 0 Å². The van der Waals surface area contributed by atoms with E-state index in [4.69, 9.17) is 5.11 Å². The number of sulfonamides is 1. The molecule has 0 radical (unpaired) electrons. The normalized spacial score (nSPS) is 13.6.